The standard InChI is InChI=1S/C11H8F2O6/c12-6-3-1-2-5(8(6)13)7(14)4-11(19,9(15)16)10(17)18/h1-3,19H,4H2,(H,15,16)(H,17,18). The number of aliphatic carboxylic acids is 2. The van der Waals surface area contributed by atoms with Crippen molar-refractivity contribution in [1.29, 1.82) is 0 Å². The summed E-state index contributed by atoms with van der Waals surface area (Å²) in [5, 5.41) is 26.5. The molecule has 6 nitrogen and oxygen atoms in total. The molecule has 1 aromatic carbocycles. The summed E-state index contributed by atoms with van der Waals surface area (Å²) in [6.45, 7) is 0. The molecule has 102 valence electrons. The van der Waals surface area contributed by atoms with Gasteiger partial charge in [-0.1, -0.05) is 6.07 Å². The summed E-state index contributed by atoms with van der Waals surface area (Å²) in [6.07, 6.45) is -1.42. The highest BCUT2D eigenvalue weighted by Crippen LogP contribution is 2.19. The van der Waals surface area contributed by atoms with E-state index in [2.05, 4.69) is 0 Å². The average molecular weight is 274 g/mol. The molecule has 0 bridgehead atoms. The van der Waals surface area contributed by atoms with Crippen molar-refractivity contribution < 1.29 is 38.5 Å². The van der Waals surface area contributed by atoms with Crippen LogP contribution in [0.4, 0.5) is 8.78 Å². The summed E-state index contributed by atoms with van der Waals surface area (Å²) >= 11 is 0. The first-order valence-electron chi connectivity index (χ1n) is 4.86. The number of carboxylic acid groups (broad SMARTS) is 2. The lowest BCUT2D eigenvalue weighted by atomic mass is 9.94. The second-order valence-corrected chi connectivity index (χ2v) is 3.67. The summed E-state index contributed by atoms with van der Waals surface area (Å²) < 4.78 is 26.1. The number of hydrogen-bond acceptors (Lipinski definition) is 4. The smallest absolute Gasteiger partial charge is 0.348 e. The molecule has 0 atom stereocenters. The first kappa shape index (κ1) is 14.7. The van der Waals surface area contributed by atoms with E-state index in [-0.39, 0.29) is 0 Å². The Balaban J connectivity index is 3.12. The number of rotatable bonds is 5. The van der Waals surface area contributed by atoms with Gasteiger partial charge in [0, 0.05) is 0 Å². The predicted molar refractivity (Wildman–Crippen MR) is 55.5 cm³/mol. The minimum absolute atomic E-state index is 0.729. The van der Waals surface area contributed by atoms with Crippen molar-refractivity contribution in [3.05, 3.63) is 35.4 Å². The number of hydrogen-bond donors (Lipinski definition) is 3. The van der Waals surface area contributed by atoms with Crippen LogP contribution in [-0.2, 0) is 9.59 Å². The fraction of sp³-hybridized carbons (Fsp3) is 0.182. The van der Waals surface area contributed by atoms with Crippen LogP contribution in [0.25, 0.3) is 0 Å². The third-order valence-electron chi connectivity index (χ3n) is 2.38. The van der Waals surface area contributed by atoms with Crippen molar-refractivity contribution in [3.63, 3.8) is 0 Å². The van der Waals surface area contributed by atoms with Crippen LogP contribution in [0.1, 0.15) is 16.8 Å². The normalized spacial score (nSPS) is 11.1. The maximum absolute atomic E-state index is 13.3. The van der Waals surface area contributed by atoms with Crippen molar-refractivity contribution in [3.8, 4) is 0 Å². The van der Waals surface area contributed by atoms with Gasteiger partial charge in [-0.15, -0.1) is 0 Å². The van der Waals surface area contributed by atoms with Gasteiger partial charge in [0.15, 0.2) is 17.4 Å². The van der Waals surface area contributed by atoms with Crippen LogP contribution in [0.2, 0.25) is 0 Å². The van der Waals surface area contributed by atoms with Gasteiger partial charge in [-0.25, -0.2) is 18.4 Å². The van der Waals surface area contributed by atoms with E-state index in [1.54, 1.807) is 0 Å². The minimum atomic E-state index is -3.39. The van der Waals surface area contributed by atoms with E-state index >= 15 is 0 Å². The molecule has 0 fully saturated rings. The van der Waals surface area contributed by atoms with Crippen molar-refractivity contribution in [2.24, 2.45) is 0 Å². The molecule has 0 heterocycles. The number of Topliss-reactive ketones (excluding diaryl/α,β-unsaturated/α-hetero) is 1. The van der Waals surface area contributed by atoms with Crippen LogP contribution in [-0.4, -0.2) is 38.6 Å². The Bertz CT molecular complexity index is 540. The Morgan fingerprint density at radius 1 is 1.11 bits per heavy atom. The lowest BCUT2D eigenvalue weighted by Gasteiger charge is -2.17. The van der Waals surface area contributed by atoms with Gasteiger partial charge < -0.3 is 15.3 Å². The van der Waals surface area contributed by atoms with Gasteiger partial charge in [0.05, 0.1) is 12.0 Å². The summed E-state index contributed by atoms with van der Waals surface area (Å²) in [6, 6.07) is 2.57. The van der Waals surface area contributed by atoms with Crippen molar-refractivity contribution >= 4 is 17.7 Å². The van der Waals surface area contributed by atoms with Gasteiger partial charge >= 0.3 is 11.9 Å². The molecule has 0 spiro atoms. The second-order valence-electron chi connectivity index (χ2n) is 3.67. The quantitative estimate of drug-likeness (QED) is 0.530. The van der Waals surface area contributed by atoms with Crippen LogP contribution in [0.3, 0.4) is 0 Å². The highest BCUT2D eigenvalue weighted by molar-refractivity contribution is 6.08. The summed E-state index contributed by atoms with van der Waals surface area (Å²) in [5.74, 6) is -8.58. The van der Waals surface area contributed by atoms with Gasteiger partial charge in [0.25, 0.3) is 5.60 Å². The van der Waals surface area contributed by atoms with E-state index in [1.165, 1.54) is 0 Å². The Labute approximate surface area is 104 Å². The average Bonchev–Trinajstić information content (AvgIpc) is 2.31. The second kappa shape index (κ2) is 5.11. The van der Waals surface area contributed by atoms with Crippen molar-refractivity contribution in [1.82, 2.24) is 0 Å². The van der Waals surface area contributed by atoms with Gasteiger partial charge in [0.1, 0.15) is 0 Å². The van der Waals surface area contributed by atoms with E-state index in [9.17, 15) is 28.3 Å². The van der Waals surface area contributed by atoms with E-state index in [4.69, 9.17) is 10.2 Å². The van der Waals surface area contributed by atoms with Crippen molar-refractivity contribution in [2.75, 3.05) is 0 Å². The highest BCUT2D eigenvalue weighted by Gasteiger charge is 2.47. The molecular weight excluding hydrogens is 266 g/mol. The summed E-state index contributed by atoms with van der Waals surface area (Å²) in [4.78, 5) is 32.8. The zero-order chi connectivity index (χ0) is 14.8. The molecule has 3 N–H and O–H groups in total. The molecular formula is C11H8F2O6. The Morgan fingerprint density at radius 2 is 1.63 bits per heavy atom. The third kappa shape index (κ3) is 2.74. The molecule has 0 saturated heterocycles. The molecule has 0 aliphatic heterocycles. The van der Waals surface area contributed by atoms with Crippen LogP contribution in [0.15, 0.2) is 18.2 Å². The molecule has 0 aromatic heterocycles. The zero-order valence-corrected chi connectivity index (χ0v) is 9.26. The first-order chi connectivity index (χ1) is 8.70. The predicted octanol–water partition coefficient (Wildman–Crippen LogP) is 0.438. The largest absolute Gasteiger partial charge is 0.479 e. The molecule has 19 heavy (non-hydrogen) atoms. The fourth-order valence-corrected chi connectivity index (χ4v) is 1.29. The zero-order valence-electron chi connectivity index (χ0n) is 9.26. The fourth-order valence-electron chi connectivity index (χ4n) is 1.29. The molecule has 0 saturated carbocycles. The van der Waals surface area contributed by atoms with E-state index < -0.39 is 46.9 Å². The molecule has 0 radical (unpaired) electrons. The molecule has 0 aliphatic carbocycles. The van der Waals surface area contributed by atoms with Gasteiger partial charge in [0.2, 0.25) is 0 Å². The Hall–Kier alpha value is -2.35. The number of halogens is 2. The van der Waals surface area contributed by atoms with Crippen LogP contribution in [0.5, 0.6) is 0 Å². The monoisotopic (exact) mass is 274 g/mol. The highest BCUT2D eigenvalue weighted by atomic mass is 19.2. The van der Waals surface area contributed by atoms with E-state index in [0.29, 0.717) is 0 Å². The summed E-state index contributed by atoms with van der Waals surface area (Å²) in [5.41, 5.74) is -4.23. The lowest BCUT2D eigenvalue weighted by molar-refractivity contribution is -0.175. The van der Waals surface area contributed by atoms with Gasteiger partial charge in [-0.05, 0) is 12.1 Å². The number of aliphatic hydroxyl groups is 1. The van der Waals surface area contributed by atoms with Crippen LogP contribution < -0.4 is 0 Å². The van der Waals surface area contributed by atoms with Gasteiger partial charge in [-0.3, -0.25) is 4.79 Å². The number of carbonyl (C=O) groups excluding carboxylic acids is 1. The lowest BCUT2D eigenvalue weighted by Crippen LogP contribution is -2.48. The number of carbonyl (C=O) groups is 3. The molecule has 0 amide bonds. The topological polar surface area (TPSA) is 112 Å². The van der Waals surface area contributed by atoms with E-state index in [1.807, 2.05) is 0 Å². The summed E-state index contributed by atoms with van der Waals surface area (Å²) in [7, 11) is 0. The molecule has 0 aliphatic rings. The first-order valence-corrected chi connectivity index (χ1v) is 4.86. The molecule has 0 unspecified atom stereocenters. The number of benzene rings is 1. The number of ketones is 1. The molecule has 8 heteroatoms. The van der Waals surface area contributed by atoms with E-state index in [0.717, 1.165) is 18.2 Å². The van der Waals surface area contributed by atoms with Gasteiger partial charge in [-0.2, -0.15) is 0 Å². The maximum atomic E-state index is 13.3. The maximum Gasteiger partial charge on any atom is 0.348 e. The third-order valence-corrected chi connectivity index (χ3v) is 2.38. The Morgan fingerprint density at radius 3 is 2.11 bits per heavy atom. The van der Waals surface area contributed by atoms with Crippen LogP contribution in [0, 0.1) is 11.6 Å². The molecule has 1 rings (SSSR count). The Kier molecular flexibility index (Phi) is 3.95. The number of carboxylic acids is 2. The molecule has 1 aromatic rings. The van der Waals surface area contributed by atoms with Crippen molar-refractivity contribution in [2.45, 2.75) is 12.0 Å². The SMILES string of the molecule is O=C(CC(O)(C(=O)O)C(=O)O)c1cccc(F)c1F. The van der Waals surface area contributed by atoms with Crippen LogP contribution >= 0.6 is 0 Å². The minimum Gasteiger partial charge on any atom is -0.479 e.